The zero-order valence-electron chi connectivity index (χ0n) is 16.5. The molecule has 0 spiro atoms. The normalized spacial score (nSPS) is 22.0. The van der Waals surface area contributed by atoms with Gasteiger partial charge in [-0.05, 0) is 37.1 Å². The molecule has 29 heavy (non-hydrogen) atoms. The highest BCUT2D eigenvalue weighted by Crippen LogP contribution is 2.23. The maximum absolute atomic E-state index is 13.0. The maximum Gasteiger partial charge on any atom is 0.409 e. The molecule has 2 saturated heterocycles. The first kappa shape index (κ1) is 22.2. The molecule has 2 aliphatic rings. The standard InChI is InChI=1S/C20H27Cl2N3O4/c1-28-20(27)24-7-8-25(16(11-24)13-29-12-15-3-2-6-23-15)19(26)10-14-4-5-17(21)18(22)9-14/h4-5,9,15-16,23H,2-3,6-8,10-13H2,1H3. The number of carbonyl (C=O) groups is 2. The monoisotopic (exact) mass is 443 g/mol. The summed E-state index contributed by atoms with van der Waals surface area (Å²) < 4.78 is 10.8. The van der Waals surface area contributed by atoms with Gasteiger partial charge < -0.3 is 24.6 Å². The van der Waals surface area contributed by atoms with Gasteiger partial charge in [-0.25, -0.2) is 4.79 Å². The average Bonchev–Trinajstić information content (AvgIpc) is 3.23. The van der Waals surface area contributed by atoms with E-state index in [0.717, 1.165) is 24.9 Å². The van der Waals surface area contributed by atoms with Crippen LogP contribution in [0.4, 0.5) is 4.79 Å². The highest BCUT2D eigenvalue weighted by molar-refractivity contribution is 6.42. The van der Waals surface area contributed by atoms with Crippen molar-refractivity contribution in [1.29, 1.82) is 0 Å². The van der Waals surface area contributed by atoms with E-state index in [2.05, 4.69) is 5.32 Å². The molecule has 2 heterocycles. The zero-order valence-corrected chi connectivity index (χ0v) is 18.0. The van der Waals surface area contributed by atoms with Crippen molar-refractivity contribution < 1.29 is 19.1 Å². The van der Waals surface area contributed by atoms with Crippen molar-refractivity contribution in [1.82, 2.24) is 15.1 Å². The minimum atomic E-state index is -0.385. The van der Waals surface area contributed by atoms with Crippen molar-refractivity contribution in [2.45, 2.75) is 31.3 Å². The van der Waals surface area contributed by atoms with Gasteiger partial charge in [0.15, 0.2) is 0 Å². The van der Waals surface area contributed by atoms with Gasteiger partial charge in [-0.3, -0.25) is 4.79 Å². The number of hydrogen-bond acceptors (Lipinski definition) is 5. The highest BCUT2D eigenvalue weighted by Gasteiger charge is 2.33. The lowest BCUT2D eigenvalue weighted by molar-refractivity contribution is -0.137. The summed E-state index contributed by atoms with van der Waals surface area (Å²) in [5, 5.41) is 4.28. The molecule has 9 heteroatoms. The molecule has 2 aliphatic heterocycles. The third-order valence-electron chi connectivity index (χ3n) is 5.37. The number of nitrogens with one attached hydrogen (secondary N) is 1. The van der Waals surface area contributed by atoms with Crippen LogP contribution in [0.1, 0.15) is 18.4 Å². The van der Waals surface area contributed by atoms with Crippen molar-refractivity contribution in [2.75, 3.05) is 46.5 Å². The Labute approximate surface area is 181 Å². The molecule has 7 nitrogen and oxygen atoms in total. The summed E-state index contributed by atoms with van der Waals surface area (Å²) in [5.74, 6) is -0.0273. The van der Waals surface area contributed by atoms with Crippen molar-refractivity contribution in [2.24, 2.45) is 0 Å². The molecule has 2 atom stereocenters. The van der Waals surface area contributed by atoms with Gasteiger partial charge in [0.05, 0.1) is 42.8 Å². The predicted octanol–water partition coefficient (Wildman–Crippen LogP) is 2.58. The number of rotatable bonds is 6. The second-order valence-corrected chi connectivity index (χ2v) is 8.23. The van der Waals surface area contributed by atoms with Gasteiger partial charge >= 0.3 is 6.09 Å². The molecule has 3 rings (SSSR count). The van der Waals surface area contributed by atoms with Crippen LogP contribution in [-0.4, -0.2) is 80.4 Å². The number of carbonyl (C=O) groups excluding carboxylic acids is 2. The molecular weight excluding hydrogens is 417 g/mol. The molecular formula is C20H27Cl2N3O4. The van der Waals surface area contributed by atoms with E-state index in [9.17, 15) is 9.59 Å². The van der Waals surface area contributed by atoms with Gasteiger partial charge in [-0.2, -0.15) is 0 Å². The first-order valence-electron chi connectivity index (χ1n) is 9.85. The molecule has 1 aromatic rings. The molecule has 0 aromatic heterocycles. The fraction of sp³-hybridized carbons (Fsp3) is 0.600. The van der Waals surface area contributed by atoms with E-state index >= 15 is 0 Å². The molecule has 0 radical (unpaired) electrons. The van der Waals surface area contributed by atoms with Crippen molar-refractivity contribution in [3.63, 3.8) is 0 Å². The molecule has 2 amide bonds. The second-order valence-electron chi connectivity index (χ2n) is 7.41. The second kappa shape index (κ2) is 10.5. The smallest absolute Gasteiger partial charge is 0.409 e. The molecule has 1 aromatic carbocycles. The largest absolute Gasteiger partial charge is 0.453 e. The first-order valence-corrected chi connectivity index (χ1v) is 10.6. The SMILES string of the molecule is COC(=O)N1CCN(C(=O)Cc2ccc(Cl)c(Cl)c2)C(COCC2CCCN2)C1. The van der Waals surface area contributed by atoms with Crippen molar-refractivity contribution >= 4 is 35.2 Å². The van der Waals surface area contributed by atoms with Gasteiger partial charge in [-0.15, -0.1) is 0 Å². The van der Waals surface area contributed by atoms with Crippen molar-refractivity contribution in [3.05, 3.63) is 33.8 Å². The molecule has 160 valence electrons. The van der Waals surface area contributed by atoms with Crippen LogP contribution < -0.4 is 5.32 Å². The molecule has 2 fully saturated rings. The molecule has 0 aliphatic carbocycles. The van der Waals surface area contributed by atoms with Gasteiger partial charge in [-0.1, -0.05) is 29.3 Å². The Balaban J connectivity index is 1.63. The van der Waals surface area contributed by atoms with Crippen LogP contribution in [0, 0.1) is 0 Å². The molecule has 1 N–H and O–H groups in total. The van der Waals surface area contributed by atoms with Crippen LogP contribution >= 0.6 is 23.2 Å². The quantitative estimate of drug-likeness (QED) is 0.731. The number of benzene rings is 1. The Hall–Kier alpha value is -1.54. The summed E-state index contributed by atoms with van der Waals surface area (Å²) in [7, 11) is 1.36. The van der Waals surface area contributed by atoms with Gasteiger partial charge in [0.2, 0.25) is 5.91 Å². The Morgan fingerprint density at radius 2 is 2.03 bits per heavy atom. The number of nitrogens with zero attached hydrogens (tertiary/aromatic N) is 2. The lowest BCUT2D eigenvalue weighted by Crippen LogP contribution is -2.58. The molecule has 0 bridgehead atoms. The summed E-state index contributed by atoms with van der Waals surface area (Å²) in [5.41, 5.74) is 0.801. The summed E-state index contributed by atoms with van der Waals surface area (Å²) in [6.45, 7) is 3.24. The number of amides is 2. The number of methoxy groups -OCH3 is 1. The Bertz CT molecular complexity index is 728. The fourth-order valence-electron chi connectivity index (χ4n) is 3.79. The summed E-state index contributed by atoms with van der Waals surface area (Å²) in [4.78, 5) is 28.4. The third kappa shape index (κ3) is 5.98. The maximum atomic E-state index is 13.0. The van der Waals surface area contributed by atoms with Crippen LogP contribution in [0.5, 0.6) is 0 Å². The van der Waals surface area contributed by atoms with Gasteiger partial charge in [0.1, 0.15) is 0 Å². The van der Waals surface area contributed by atoms with Gasteiger partial charge in [0, 0.05) is 25.7 Å². The highest BCUT2D eigenvalue weighted by atomic mass is 35.5. The van der Waals surface area contributed by atoms with E-state index in [1.807, 2.05) is 0 Å². The fourth-order valence-corrected chi connectivity index (χ4v) is 4.11. The van der Waals surface area contributed by atoms with E-state index in [4.69, 9.17) is 32.7 Å². The number of ether oxygens (including phenoxy) is 2. The van der Waals surface area contributed by atoms with Gasteiger partial charge in [0.25, 0.3) is 0 Å². The minimum Gasteiger partial charge on any atom is -0.453 e. The van der Waals surface area contributed by atoms with Crippen LogP contribution in [0.15, 0.2) is 18.2 Å². The third-order valence-corrected chi connectivity index (χ3v) is 6.11. The number of piperazine rings is 1. The Kier molecular flexibility index (Phi) is 8.00. The van der Waals surface area contributed by atoms with E-state index in [-0.39, 0.29) is 24.5 Å². The topological polar surface area (TPSA) is 71.1 Å². The Morgan fingerprint density at radius 1 is 1.21 bits per heavy atom. The zero-order chi connectivity index (χ0) is 20.8. The van der Waals surface area contributed by atoms with Crippen LogP contribution in [0.3, 0.4) is 0 Å². The Morgan fingerprint density at radius 3 is 2.72 bits per heavy atom. The van der Waals surface area contributed by atoms with E-state index in [0.29, 0.717) is 48.9 Å². The number of hydrogen-bond donors (Lipinski definition) is 1. The van der Waals surface area contributed by atoms with Crippen LogP contribution in [-0.2, 0) is 20.7 Å². The summed E-state index contributed by atoms with van der Waals surface area (Å²) >= 11 is 12.0. The van der Waals surface area contributed by atoms with E-state index in [1.54, 1.807) is 28.0 Å². The van der Waals surface area contributed by atoms with Crippen LogP contribution in [0.25, 0.3) is 0 Å². The van der Waals surface area contributed by atoms with E-state index in [1.165, 1.54) is 7.11 Å². The summed E-state index contributed by atoms with van der Waals surface area (Å²) in [6.07, 6.45) is 2.08. The summed E-state index contributed by atoms with van der Waals surface area (Å²) in [6, 6.07) is 5.34. The molecule has 0 saturated carbocycles. The number of halogens is 2. The molecule has 2 unspecified atom stereocenters. The lowest BCUT2D eigenvalue weighted by atomic mass is 10.1. The lowest BCUT2D eigenvalue weighted by Gasteiger charge is -2.40. The minimum absolute atomic E-state index is 0.0273. The van der Waals surface area contributed by atoms with Crippen molar-refractivity contribution in [3.8, 4) is 0 Å². The predicted molar refractivity (Wildman–Crippen MR) is 111 cm³/mol. The van der Waals surface area contributed by atoms with E-state index < -0.39 is 0 Å². The van der Waals surface area contributed by atoms with Crippen LogP contribution in [0.2, 0.25) is 10.0 Å². The first-order chi connectivity index (χ1) is 14.0. The average molecular weight is 444 g/mol.